The monoisotopic (exact) mass is 374 g/mol. The summed E-state index contributed by atoms with van der Waals surface area (Å²) in [6, 6.07) is 6.53. The van der Waals surface area contributed by atoms with E-state index in [1.54, 1.807) is 6.92 Å². The highest BCUT2D eigenvalue weighted by Crippen LogP contribution is 2.33. The number of para-hydroxylation sites is 1. The molecule has 1 atom stereocenters. The summed E-state index contributed by atoms with van der Waals surface area (Å²) in [5.74, 6) is 0.468. The molecule has 0 saturated heterocycles. The minimum Gasteiger partial charge on any atom is -0.493 e. The molecule has 2 rings (SSSR count). The molecule has 1 aromatic carbocycles. The first-order chi connectivity index (χ1) is 12.9. The maximum absolute atomic E-state index is 12.7. The van der Waals surface area contributed by atoms with Gasteiger partial charge in [0.1, 0.15) is 5.75 Å². The number of ether oxygens (including phenoxy) is 2. The number of benzene rings is 1. The Morgan fingerprint density at radius 3 is 2.67 bits per heavy atom. The number of amides is 2. The van der Waals surface area contributed by atoms with Crippen LogP contribution in [-0.4, -0.2) is 25.2 Å². The molecule has 1 heterocycles. The second-order valence-corrected chi connectivity index (χ2v) is 7.16. The number of hydrogen-bond donors (Lipinski definition) is 2. The molecule has 6 heteroatoms. The predicted molar refractivity (Wildman–Crippen MR) is 104 cm³/mol. The molecule has 1 unspecified atom stereocenters. The number of allylic oxidation sites excluding steroid dienone is 1. The van der Waals surface area contributed by atoms with Crippen molar-refractivity contribution in [3.05, 3.63) is 41.1 Å². The van der Waals surface area contributed by atoms with Gasteiger partial charge >= 0.3 is 12.0 Å². The lowest BCUT2D eigenvalue weighted by Gasteiger charge is -2.29. The SMILES string of the molecule is CCCCCOc1ccccc1C1NC(=O)NC(C)=C1C(=O)OCC(C)C. The van der Waals surface area contributed by atoms with Crippen molar-refractivity contribution in [3.63, 3.8) is 0 Å². The molecule has 2 N–H and O–H groups in total. The maximum Gasteiger partial charge on any atom is 0.338 e. The van der Waals surface area contributed by atoms with E-state index >= 15 is 0 Å². The molecule has 148 valence electrons. The maximum atomic E-state index is 12.7. The van der Waals surface area contributed by atoms with Crippen molar-refractivity contribution in [3.8, 4) is 5.75 Å². The summed E-state index contributed by atoms with van der Waals surface area (Å²) in [4.78, 5) is 24.8. The van der Waals surface area contributed by atoms with Gasteiger partial charge in [-0.2, -0.15) is 0 Å². The van der Waals surface area contributed by atoms with Crippen molar-refractivity contribution in [2.24, 2.45) is 5.92 Å². The van der Waals surface area contributed by atoms with E-state index in [0.717, 1.165) is 24.8 Å². The molecule has 0 fully saturated rings. The lowest BCUT2D eigenvalue weighted by molar-refractivity contribution is -0.140. The van der Waals surface area contributed by atoms with Gasteiger partial charge in [0.15, 0.2) is 0 Å². The fourth-order valence-corrected chi connectivity index (χ4v) is 2.90. The van der Waals surface area contributed by atoms with Crippen LogP contribution in [0.3, 0.4) is 0 Å². The first-order valence-corrected chi connectivity index (χ1v) is 9.61. The van der Waals surface area contributed by atoms with Crippen molar-refractivity contribution in [2.45, 2.75) is 53.0 Å². The van der Waals surface area contributed by atoms with Crippen molar-refractivity contribution in [1.29, 1.82) is 0 Å². The zero-order valence-electron chi connectivity index (χ0n) is 16.6. The standard InChI is InChI=1S/C21H30N2O4/c1-5-6-9-12-26-17-11-8-7-10-16(17)19-18(15(4)22-21(25)23-19)20(24)27-13-14(2)3/h7-8,10-11,14,19H,5-6,9,12-13H2,1-4H3,(H2,22,23,25). The van der Waals surface area contributed by atoms with Crippen LogP contribution in [0.4, 0.5) is 4.79 Å². The molecule has 0 bridgehead atoms. The van der Waals surface area contributed by atoms with Gasteiger partial charge in [0.25, 0.3) is 0 Å². The molecule has 1 aliphatic rings. The largest absolute Gasteiger partial charge is 0.493 e. The number of urea groups is 1. The van der Waals surface area contributed by atoms with E-state index in [1.807, 2.05) is 38.1 Å². The minimum atomic E-state index is -0.610. The molecule has 0 aromatic heterocycles. The van der Waals surface area contributed by atoms with E-state index < -0.39 is 12.0 Å². The number of esters is 1. The highest BCUT2D eigenvalue weighted by Gasteiger charge is 2.33. The molecular formula is C21H30N2O4. The van der Waals surface area contributed by atoms with Gasteiger partial charge in [-0.1, -0.05) is 51.8 Å². The Labute approximate surface area is 161 Å². The molecule has 2 amide bonds. The van der Waals surface area contributed by atoms with Gasteiger partial charge in [-0.3, -0.25) is 0 Å². The second-order valence-electron chi connectivity index (χ2n) is 7.16. The third-order valence-electron chi connectivity index (χ3n) is 4.27. The molecule has 1 aromatic rings. The lowest BCUT2D eigenvalue weighted by atomic mass is 9.95. The summed E-state index contributed by atoms with van der Waals surface area (Å²) in [6.07, 6.45) is 3.17. The van der Waals surface area contributed by atoms with E-state index in [2.05, 4.69) is 17.6 Å². The lowest BCUT2D eigenvalue weighted by Crippen LogP contribution is -2.45. The third kappa shape index (κ3) is 5.74. The minimum absolute atomic E-state index is 0.230. The average molecular weight is 374 g/mol. The summed E-state index contributed by atoms with van der Waals surface area (Å²) in [6.45, 7) is 8.73. The Kier molecular flexibility index (Phi) is 7.70. The van der Waals surface area contributed by atoms with Crippen molar-refractivity contribution in [1.82, 2.24) is 10.6 Å². The van der Waals surface area contributed by atoms with Gasteiger partial charge in [-0.05, 0) is 25.3 Å². The second kappa shape index (κ2) is 10.00. The van der Waals surface area contributed by atoms with Crippen LogP contribution in [0.15, 0.2) is 35.5 Å². The van der Waals surface area contributed by atoms with Gasteiger partial charge in [-0.15, -0.1) is 0 Å². The van der Waals surface area contributed by atoms with Crippen LogP contribution >= 0.6 is 0 Å². The van der Waals surface area contributed by atoms with E-state index in [9.17, 15) is 9.59 Å². The molecule has 0 radical (unpaired) electrons. The fraction of sp³-hybridized carbons (Fsp3) is 0.524. The smallest absolute Gasteiger partial charge is 0.338 e. The number of carbonyl (C=O) groups excluding carboxylic acids is 2. The van der Waals surface area contributed by atoms with Gasteiger partial charge in [0.2, 0.25) is 0 Å². The van der Waals surface area contributed by atoms with Crippen LogP contribution < -0.4 is 15.4 Å². The topological polar surface area (TPSA) is 76.7 Å². The number of unbranched alkanes of at least 4 members (excludes halogenated alkanes) is 2. The molecule has 0 saturated carbocycles. The Morgan fingerprint density at radius 2 is 1.96 bits per heavy atom. The third-order valence-corrected chi connectivity index (χ3v) is 4.27. The number of rotatable bonds is 9. The summed E-state index contributed by atoms with van der Waals surface area (Å²) in [7, 11) is 0. The Balaban J connectivity index is 2.29. The molecule has 0 spiro atoms. The van der Waals surface area contributed by atoms with E-state index in [1.165, 1.54) is 0 Å². The van der Waals surface area contributed by atoms with Crippen molar-refractivity contribution in [2.75, 3.05) is 13.2 Å². The first kappa shape index (κ1) is 20.8. The molecule has 27 heavy (non-hydrogen) atoms. The van der Waals surface area contributed by atoms with Gasteiger partial charge < -0.3 is 20.1 Å². The van der Waals surface area contributed by atoms with Crippen LogP contribution in [0.25, 0.3) is 0 Å². The summed E-state index contributed by atoms with van der Waals surface area (Å²) >= 11 is 0. The van der Waals surface area contributed by atoms with Gasteiger partial charge in [-0.25, -0.2) is 9.59 Å². The van der Waals surface area contributed by atoms with Crippen LogP contribution in [0.1, 0.15) is 58.6 Å². The van der Waals surface area contributed by atoms with E-state index in [-0.39, 0.29) is 11.9 Å². The summed E-state index contributed by atoms with van der Waals surface area (Å²) < 4.78 is 11.4. The number of carbonyl (C=O) groups is 2. The van der Waals surface area contributed by atoms with E-state index in [4.69, 9.17) is 9.47 Å². The van der Waals surface area contributed by atoms with E-state index in [0.29, 0.717) is 30.2 Å². The fourth-order valence-electron chi connectivity index (χ4n) is 2.90. The summed E-state index contributed by atoms with van der Waals surface area (Å²) in [5.41, 5.74) is 1.65. The zero-order chi connectivity index (χ0) is 19.8. The van der Waals surface area contributed by atoms with Gasteiger partial charge in [0.05, 0.1) is 24.8 Å². The van der Waals surface area contributed by atoms with Crippen molar-refractivity contribution >= 4 is 12.0 Å². The van der Waals surface area contributed by atoms with Crippen LogP contribution in [0, 0.1) is 5.92 Å². The van der Waals surface area contributed by atoms with Crippen LogP contribution in [-0.2, 0) is 9.53 Å². The quantitative estimate of drug-likeness (QED) is 0.504. The number of hydrogen-bond acceptors (Lipinski definition) is 4. The summed E-state index contributed by atoms with van der Waals surface area (Å²) in [5, 5.41) is 5.50. The highest BCUT2D eigenvalue weighted by molar-refractivity contribution is 5.95. The van der Waals surface area contributed by atoms with Crippen molar-refractivity contribution < 1.29 is 19.1 Å². The highest BCUT2D eigenvalue weighted by atomic mass is 16.5. The van der Waals surface area contributed by atoms with Crippen LogP contribution in [0.2, 0.25) is 0 Å². The normalized spacial score (nSPS) is 16.8. The molecule has 1 aliphatic heterocycles. The molecular weight excluding hydrogens is 344 g/mol. The Morgan fingerprint density at radius 1 is 1.22 bits per heavy atom. The zero-order valence-corrected chi connectivity index (χ0v) is 16.6. The van der Waals surface area contributed by atoms with Gasteiger partial charge in [0, 0.05) is 11.3 Å². The average Bonchev–Trinajstić information content (AvgIpc) is 2.63. The predicted octanol–water partition coefficient (Wildman–Crippen LogP) is 4.08. The molecule has 6 nitrogen and oxygen atoms in total. The Hall–Kier alpha value is -2.50. The van der Waals surface area contributed by atoms with Crippen LogP contribution in [0.5, 0.6) is 5.75 Å². The number of nitrogens with one attached hydrogen (secondary N) is 2. The molecule has 0 aliphatic carbocycles. The Bertz CT molecular complexity index is 697. The first-order valence-electron chi connectivity index (χ1n) is 9.61.